The SMILES string of the molecule is Cn1cc(C(=O)NC2CCN(c3ncnc4c3ccn4C)CC2)cn1. The Kier molecular flexibility index (Phi) is 3.87. The predicted octanol–water partition coefficient (Wildman–Crippen LogP) is 1.10. The minimum absolute atomic E-state index is 0.0564. The fraction of sp³-hybridized carbons (Fsp3) is 0.412. The number of piperidine rings is 1. The molecule has 3 aromatic heterocycles. The van der Waals surface area contributed by atoms with E-state index in [-0.39, 0.29) is 11.9 Å². The maximum atomic E-state index is 12.3. The van der Waals surface area contributed by atoms with Crippen molar-refractivity contribution in [2.75, 3.05) is 18.0 Å². The molecule has 0 aromatic carbocycles. The van der Waals surface area contributed by atoms with Gasteiger partial charge in [0.25, 0.3) is 5.91 Å². The molecule has 0 radical (unpaired) electrons. The van der Waals surface area contributed by atoms with Crippen molar-refractivity contribution < 1.29 is 4.79 Å². The number of amides is 1. The summed E-state index contributed by atoms with van der Waals surface area (Å²) in [4.78, 5) is 23.4. The van der Waals surface area contributed by atoms with Gasteiger partial charge in [0.15, 0.2) is 0 Å². The van der Waals surface area contributed by atoms with Gasteiger partial charge in [-0.25, -0.2) is 9.97 Å². The number of fused-ring (bicyclic) bond motifs is 1. The first kappa shape index (κ1) is 15.6. The molecule has 1 aliphatic rings. The normalized spacial score (nSPS) is 15.7. The van der Waals surface area contributed by atoms with Gasteiger partial charge in [0.2, 0.25) is 0 Å². The number of aromatic nitrogens is 5. The van der Waals surface area contributed by atoms with Gasteiger partial charge in [-0.05, 0) is 18.9 Å². The minimum atomic E-state index is -0.0564. The molecule has 0 saturated carbocycles. The molecule has 3 aromatic rings. The number of hydrogen-bond donors (Lipinski definition) is 1. The molecule has 1 amide bonds. The summed E-state index contributed by atoms with van der Waals surface area (Å²) in [6.45, 7) is 1.72. The van der Waals surface area contributed by atoms with E-state index >= 15 is 0 Å². The fourth-order valence-corrected chi connectivity index (χ4v) is 3.36. The van der Waals surface area contributed by atoms with Crippen LogP contribution in [0.5, 0.6) is 0 Å². The number of nitrogens with one attached hydrogen (secondary N) is 1. The molecular weight excluding hydrogens is 318 g/mol. The number of nitrogens with zero attached hydrogens (tertiary/aromatic N) is 6. The van der Waals surface area contributed by atoms with E-state index in [2.05, 4.69) is 31.3 Å². The van der Waals surface area contributed by atoms with Crippen molar-refractivity contribution in [3.63, 3.8) is 0 Å². The highest BCUT2D eigenvalue weighted by atomic mass is 16.1. The maximum absolute atomic E-state index is 12.3. The van der Waals surface area contributed by atoms with Gasteiger partial charge in [0, 0.05) is 45.6 Å². The van der Waals surface area contributed by atoms with Crippen LogP contribution in [0.2, 0.25) is 0 Å². The molecule has 25 heavy (non-hydrogen) atoms. The van der Waals surface area contributed by atoms with E-state index in [1.807, 2.05) is 17.8 Å². The van der Waals surface area contributed by atoms with Crippen LogP contribution in [-0.2, 0) is 14.1 Å². The first-order chi connectivity index (χ1) is 12.1. The van der Waals surface area contributed by atoms with Crippen molar-refractivity contribution in [2.24, 2.45) is 14.1 Å². The van der Waals surface area contributed by atoms with E-state index in [1.165, 1.54) is 0 Å². The van der Waals surface area contributed by atoms with Gasteiger partial charge in [-0.1, -0.05) is 0 Å². The maximum Gasteiger partial charge on any atom is 0.254 e. The van der Waals surface area contributed by atoms with E-state index < -0.39 is 0 Å². The molecule has 0 unspecified atom stereocenters. The van der Waals surface area contributed by atoms with Crippen LogP contribution in [0.25, 0.3) is 11.0 Å². The lowest BCUT2D eigenvalue weighted by Crippen LogP contribution is -2.45. The van der Waals surface area contributed by atoms with Crippen LogP contribution in [0.3, 0.4) is 0 Å². The average molecular weight is 339 g/mol. The number of aryl methyl sites for hydroxylation is 2. The molecule has 0 atom stereocenters. The smallest absolute Gasteiger partial charge is 0.254 e. The Morgan fingerprint density at radius 2 is 2.04 bits per heavy atom. The van der Waals surface area contributed by atoms with Crippen molar-refractivity contribution in [1.82, 2.24) is 29.6 Å². The number of hydrogen-bond acceptors (Lipinski definition) is 5. The zero-order valence-corrected chi connectivity index (χ0v) is 14.4. The number of rotatable bonds is 3. The molecule has 1 N–H and O–H groups in total. The van der Waals surface area contributed by atoms with Gasteiger partial charge < -0.3 is 14.8 Å². The topological polar surface area (TPSA) is 80.9 Å². The highest BCUT2D eigenvalue weighted by Gasteiger charge is 2.24. The second-order valence-corrected chi connectivity index (χ2v) is 6.50. The van der Waals surface area contributed by atoms with Crippen molar-refractivity contribution in [3.05, 3.63) is 36.5 Å². The Hall–Kier alpha value is -2.90. The molecule has 8 nitrogen and oxygen atoms in total. The second kappa shape index (κ2) is 6.19. The van der Waals surface area contributed by atoms with Gasteiger partial charge in [-0.3, -0.25) is 9.48 Å². The zero-order chi connectivity index (χ0) is 17.4. The Labute approximate surface area is 145 Å². The van der Waals surface area contributed by atoms with Crippen LogP contribution in [0.15, 0.2) is 31.0 Å². The van der Waals surface area contributed by atoms with Gasteiger partial charge in [0.05, 0.1) is 17.1 Å². The standard InChI is InChI=1S/C17H21N7O/c1-22-6-5-14-15(22)18-11-19-16(14)24-7-3-13(4-8-24)21-17(25)12-9-20-23(2)10-12/h5-6,9-11,13H,3-4,7-8H2,1-2H3,(H,21,25). The molecule has 0 aliphatic carbocycles. The van der Waals surface area contributed by atoms with E-state index in [9.17, 15) is 4.79 Å². The summed E-state index contributed by atoms with van der Waals surface area (Å²) >= 11 is 0. The van der Waals surface area contributed by atoms with Gasteiger partial charge in [-0.15, -0.1) is 0 Å². The average Bonchev–Trinajstić information content (AvgIpc) is 3.22. The monoisotopic (exact) mass is 339 g/mol. The van der Waals surface area contributed by atoms with Crippen molar-refractivity contribution in [2.45, 2.75) is 18.9 Å². The fourth-order valence-electron chi connectivity index (χ4n) is 3.36. The molecule has 1 saturated heterocycles. The number of carbonyl (C=O) groups is 1. The van der Waals surface area contributed by atoms with Crippen LogP contribution in [0.4, 0.5) is 5.82 Å². The quantitative estimate of drug-likeness (QED) is 0.773. The summed E-state index contributed by atoms with van der Waals surface area (Å²) in [5.41, 5.74) is 1.55. The molecular formula is C17H21N7O. The summed E-state index contributed by atoms with van der Waals surface area (Å²) in [5.74, 6) is 0.918. The Morgan fingerprint density at radius 3 is 2.76 bits per heavy atom. The van der Waals surface area contributed by atoms with E-state index in [4.69, 9.17) is 0 Å². The second-order valence-electron chi connectivity index (χ2n) is 6.50. The third kappa shape index (κ3) is 2.95. The van der Waals surface area contributed by atoms with Gasteiger partial charge in [0.1, 0.15) is 17.8 Å². The van der Waals surface area contributed by atoms with E-state index in [0.717, 1.165) is 42.8 Å². The molecule has 0 spiro atoms. The molecule has 4 heterocycles. The lowest BCUT2D eigenvalue weighted by molar-refractivity contribution is 0.0931. The van der Waals surface area contributed by atoms with Gasteiger partial charge in [-0.2, -0.15) is 5.10 Å². The van der Waals surface area contributed by atoms with Crippen LogP contribution in [-0.4, -0.2) is 49.4 Å². The van der Waals surface area contributed by atoms with Crippen LogP contribution in [0, 0.1) is 0 Å². The Balaban J connectivity index is 1.42. The summed E-state index contributed by atoms with van der Waals surface area (Å²) in [7, 11) is 3.79. The summed E-state index contributed by atoms with van der Waals surface area (Å²) in [6, 6.07) is 2.23. The molecule has 1 aliphatic heterocycles. The first-order valence-corrected chi connectivity index (χ1v) is 8.42. The third-order valence-electron chi connectivity index (χ3n) is 4.74. The Bertz CT molecular complexity index is 905. The van der Waals surface area contributed by atoms with E-state index in [1.54, 1.807) is 30.5 Å². The highest BCUT2D eigenvalue weighted by molar-refractivity contribution is 5.94. The van der Waals surface area contributed by atoms with Crippen LogP contribution in [0.1, 0.15) is 23.2 Å². The number of carbonyl (C=O) groups excluding carboxylic acids is 1. The van der Waals surface area contributed by atoms with Crippen molar-refractivity contribution >= 4 is 22.8 Å². The molecule has 1 fully saturated rings. The van der Waals surface area contributed by atoms with Gasteiger partial charge >= 0.3 is 0 Å². The molecule has 4 rings (SSSR count). The zero-order valence-electron chi connectivity index (χ0n) is 14.4. The van der Waals surface area contributed by atoms with Crippen molar-refractivity contribution in [3.8, 4) is 0 Å². The largest absolute Gasteiger partial charge is 0.356 e. The first-order valence-electron chi connectivity index (χ1n) is 8.42. The minimum Gasteiger partial charge on any atom is -0.356 e. The molecule has 8 heteroatoms. The number of anilines is 1. The summed E-state index contributed by atoms with van der Waals surface area (Å²) in [5, 5.41) is 8.22. The Morgan fingerprint density at radius 1 is 1.24 bits per heavy atom. The lowest BCUT2D eigenvalue weighted by atomic mass is 10.0. The molecule has 0 bridgehead atoms. The molecule has 130 valence electrons. The van der Waals surface area contributed by atoms with Crippen LogP contribution >= 0.6 is 0 Å². The third-order valence-corrected chi connectivity index (χ3v) is 4.74. The highest BCUT2D eigenvalue weighted by Crippen LogP contribution is 2.26. The van der Waals surface area contributed by atoms with Crippen LogP contribution < -0.4 is 10.2 Å². The lowest BCUT2D eigenvalue weighted by Gasteiger charge is -2.33. The summed E-state index contributed by atoms with van der Waals surface area (Å²) < 4.78 is 3.64. The predicted molar refractivity (Wildman–Crippen MR) is 94.4 cm³/mol. The summed E-state index contributed by atoms with van der Waals surface area (Å²) in [6.07, 6.45) is 8.74. The van der Waals surface area contributed by atoms with E-state index in [0.29, 0.717) is 5.56 Å². The van der Waals surface area contributed by atoms with Crippen molar-refractivity contribution in [1.29, 1.82) is 0 Å².